The molecule has 1 saturated heterocycles. The van der Waals surface area contributed by atoms with Gasteiger partial charge in [-0.15, -0.1) is 0 Å². The smallest absolute Gasteiger partial charge is 0.326 e. The number of ether oxygens (including phenoxy) is 1. The van der Waals surface area contributed by atoms with Crippen molar-refractivity contribution in [3.63, 3.8) is 0 Å². The zero-order valence-corrected chi connectivity index (χ0v) is 10.9. The Bertz CT molecular complexity index is 480. The van der Waals surface area contributed by atoms with E-state index in [-0.39, 0.29) is 13.0 Å². The van der Waals surface area contributed by atoms with Gasteiger partial charge < -0.3 is 19.8 Å². The van der Waals surface area contributed by atoms with E-state index in [1.165, 1.54) is 0 Å². The van der Waals surface area contributed by atoms with Gasteiger partial charge in [-0.3, -0.25) is 0 Å². The predicted molar refractivity (Wildman–Crippen MR) is 67.3 cm³/mol. The molecular formula is C12H17N3O4. The van der Waals surface area contributed by atoms with E-state index >= 15 is 0 Å². The number of anilines is 1. The van der Waals surface area contributed by atoms with Crippen LogP contribution in [0.5, 0.6) is 5.88 Å². The van der Waals surface area contributed by atoms with Crippen molar-refractivity contribution in [2.45, 2.75) is 32.4 Å². The average Bonchev–Trinajstić information content (AvgIpc) is 2.71. The lowest BCUT2D eigenvalue weighted by Gasteiger charge is -2.22. The number of hydrogen-bond acceptors (Lipinski definition) is 6. The largest absolute Gasteiger partial charge is 0.480 e. The number of aliphatic carboxylic acids is 1. The van der Waals surface area contributed by atoms with Crippen molar-refractivity contribution < 1.29 is 19.7 Å². The summed E-state index contributed by atoms with van der Waals surface area (Å²) < 4.78 is 5.32. The van der Waals surface area contributed by atoms with Crippen molar-refractivity contribution in [3.05, 3.63) is 11.9 Å². The van der Waals surface area contributed by atoms with E-state index in [4.69, 9.17) is 4.74 Å². The first-order chi connectivity index (χ1) is 9.01. The van der Waals surface area contributed by atoms with Gasteiger partial charge in [0.25, 0.3) is 0 Å². The van der Waals surface area contributed by atoms with Crippen molar-refractivity contribution in [1.82, 2.24) is 9.97 Å². The van der Waals surface area contributed by atoms with Crippen LogP contribution in [-0.2, 0) is 4.79 Å². The molecule has 0 radical (unpaired) electrons. The SMILES string of the molecule is CCOc1cc(N2CC(O)CC2C(=O)O)nc(C)n1. The van der Waals surface area contributed by atoms with Gasteiger partial charge in [0.05, 0.1) is 12.7 Å². The number of aromatic nitrogens is 2. The minimum Gasteiger partial charge on any atom is -0.480 e. The highest BCUT2D eigenvalue weighted by molar-refractivity contribution is 5.78. The summed E-state index contributed by atoms with van der Waals surface area (Å²) in [6, 6.07) is 0.837. The van der Waals surface area contributed by atoms with Gasteiger partial charge >= 0.3 is 5.97 Å². The Balaban J connectivity index is 2.31. The molecule has 2 heterocycles. The molecule has 0 bridgehead atoms. The maximum atomic E-state index is 11.2. The minimum atomic E-state index is -0.967. The van der Waals surface area contributed by atoms with Crippen LogP contribution in [-0.4, -0.2) is 51.4 Å². The molecule has 19 heavy (non-hydrogen) atoms. The summed E-state index contributed by atoms with van der Waals surface area (Å²) in [6.07, 6.45) is -0.463. The first kappa shape index (κ1) is 13.5. The number of nitrogens with zero attached hydrogens (tertiary/aromatic N) is 3. The molecule has 1 aliphatic heterocycles. The predicted octanol–water partition coefficient (Wildman–Crippen LogP) is 0.208. The molecule has 2 rings (SSSR count). The summed E-state index contributed by atoms with van der Waals surface area (Å²) in [6.45, 7) is 4.28. The molecule has 7 nitrogen and oxygen atoms in total. The van der Waals surface area contributed by atoms with Gasteiger partial charge in [-0.25, -0.2) is 9.78 Å². The van der Waals surface area contributed by atoms with Gasteiger partial charge in [0.2, 0.25) is 5.88 Å². The van der Waals surface area contributed by atoms with E-state index in [2.05, 4.69) is 9.97 Å². The Morgan fingerprint density at radius 2 is 2.32 bits per heavy atom. The van der Waals surface area contributed by atoms with Gasteiger partial charge in [-0.05, 0) is 13.8 Å². The average molecular weight is 267 g/mol. The maximum absolute atomic E-state index is 11.2. The van der Waals surface area contributed by atoms with E-state index in [1.54, 1.807) is 17.9 Å². The maximum Gasteiger partial charge on any atom is 0.326 e. The monoisotopic (exact) mass is 267 g/mol. The standard InChI is InChI=1S/C12H17N3O4/c1-3-19-11-5-10(13-7(2)14-11)15-6-8(16)4-9(15)12(17)18/h5,8-9,16H,3-4,6H2,1-2H3,(H,17,18). The second kappa shape index (κ2) is 5.40. The zero-order valence-electron chi connectivity index (χ0n) is 10.9. The molecule has 2 N–H and O–H groups in total. The summed E-state index contributed by atoms with van der Waals surface area (Å²) in [5, 5.41) is 18.8. The Kier molecular flexibility index (Phi) is 3.84. The summed E-state index contributed by atoms with van der Waals surface area (Å²) in [5.74, 6) is 0.424. The molecule has 7 heteroatoms. The first-order valence-electron chi connectivity index (χ1n) is 6.17. The summed E-state index contributed by atoms with van der Waals surface area (Å²) in [5.41, 5.74) is 0. The van der Waals surface area contributed by atoms with Crippen LogP contribution in [0.4, 0.5) is 5.82 Å². The molecule has 0 spiro atoms. The fourth-order valence-corrected chi connectivity index (χ4v) is 2.20. The van der Waals surface area contributed by atoms with E-state index in [9.17, 15) is 15.0 Å². The lowest BCUT2D eigenvalue weighted by atomic mass is 10.2. The van der Waals surface area contributed by atoms with Gasteiger partial charge in [0.15, 0.2) is 0 Å². The normalized spacial score (nSPS) is 22.6. The third-order valence-electron chi connectivity index (χ3n) is 2.95. The molecule has 1 aromatic heterocycles. The van der Waals surface area contributed by atoms with Crippen molar-refractivity contribution in [3.8, 4) is 5.88 Å². The van der Waals surface area contributed by atoms with Gasteiger partial charge in [0, 0.05) is 19.0 Å². The topological polar surface area (TPSA) is 95.8 Å². The molecule has 0 amide bonds. The molecule has 1 fully saturated rings. The number of β-amino-alcohol motifs (C(OH)–C–C–N with tert-alkyl or cyclic N) is 1. The fourth-order valence-electron chi connectivity index (χ4n) is 2.20. The molecule has 0 saturated carbocycles. The quantitative estimate of drug-likeness (QED) is 0.804. The lowest BCUT2D eigenvalue weighted by molar-refractivity contribution is -0.138. The van der Waals surface area contributed by atoms with Crippen LogP contribution in [0.15, 0.2) is 6.07 Å². The highest BCUT2D eigenvalue weighted by atomic mass is 16.5. The van der Waals surface area contributed by atoms with Crippen LogP contribution >= 0.6 is 0 Å². The molecule has 0 aliphatic carbocycles. The van der Waals surface area contributed by atoms with Crippen LogP contribution < -0.4 is 9.64 Å². The molecule has 1 aromatic rings. The Morgan fingerprint density at radius 1 is 1.58 bits per heavy atom. The van der Waals surface area contributed by atoms with Gasteiger partial charge in [0.1, 0.15) is 17.7 Å². The summed E-state index contributed by atoms with van der Waals surface area (Å²) >= 11 is 0. The van der Waals surface area contributed by atoms with Gasteiger partial charge in [-0.1, -0.05) is 0 Å². The summed E-state index contributed by atoms with van der Waals surface area (Å²) in [7, 11) is 0. The van der Waals surface area contributed by atoms with Gasteiger partial charge in [-0.2, -0.15) is 4.98 Å². The third kappa shape index (κ3) is 2.93. The van der Waals surface area contributed by atoms with Crippen molar-refractivity contribution in [2.75, 3.05) is 18.1 Å². The van der Waals surface area contributed by atoms with Crippen LogP contribution in [0.25, 0.3) is 0 Å². The second-order valence-corrected chi connectivity index (χ2v) is 4.44. The van der Waals surface area contributed by atoms with Crippen LogP contribution in [0.1, 0.15) is 19.2 Å². The molecule has 1 aliphatic rings. The second-order valence-electron chi connectivity index (χ2n) is 4.44. The Morgan fingerprint density at radius 3 is 2.95 bits per heavy atom. The lowest BCUT2D eigenvalue weighted by Crippen LogP contribution is -2.36. The Hall–Kier alpha value is -1.89. The number of carboxylic acid groups (broad SMARTS) is 1. The number of rotatable bonds is 4. The highest BCUT2D eigenvalue weighted by Gasteiger charge is 2.37. The van der Waals surface area contributed by atoms with E-state index in [0.29, 0.717) is 24.1 Å². The molecule has 104 valence electrons. The van der Waals surface area contributed by atoms with E-state index in [0.717, 1.165) is 0 Å². The fraction of sp³-hybridized carbons (Fsp3) is 0.583. The number of carbonyl (C=O) groups is 1. The molecule has 2 unspecified atom stereocenters. The van der Waals surface area contributed by atoms with Crippen LogP contribution in [0, 0.1) is 6.92 Å². The Labute approximate surface area is 110 Å². The van der Waals surface area contributed by atoms with Crippen LogP contribution in [0.3, 0.4) is 0 Å². The number of hydrogen-bond donors (Lipinski definition) is 2. The van der Waals surface area contributed by atoms with Crippen LogP contribution in [0.2, 0.25) is 0 Å². The van der Waals surface area contributed by atoms with Crippen molar-refractivity contribution >= 4 is 11.8 Å². The minimum absolute atomic E-state index is 0.197. The molecule has 0 aromatic carbocycles. The van der Waals surface area contributed by atoms with E-state index < -0.39 is 18.1 Å². The number of aliphatic hydroxyl groups excluding tert-OH is 1. The summed E-state index contributed by atoms with van der Waals surface area (Å²) in [4.78, 5) is 21.1. The highest BCUT2D eigenvalue weighted by Crippen LogP contribution is 2.26. The third-order valence-corrected chi connectivity index (χ3v) is 2.95. The number of carboxylic acids is 1. The van der Waals surface area contributed by atoms with Crippen molar-refractivity contribution in [2.24, 2.45) is 0 Å². The van der Waals surface area contributed by atoms with Crippen molar-refractivity contribution in [1.29, 1.82) is 0 Å². The van der Waals surface area contributed by atoms with E-state index in [1.807, 2.05) is 6.92 Å². The number of aliphatic hydroxyl groups is 1. The number of aryl methyl sites for hydroxylation is 1. The molecule has 2 atom stereocenters. The molecular weight excluding hydrogens is 250 g/mol. The zero-order chi connectivity index (χ0) is 14.0. The first-order valence-corrected chi connectivity index (χ1v) is 6.17.